The van der Waals surface area contributed by atoms with E-state index < -0.39 is 35.7 Å². The van der Waals surface area contributed by atoms with Gasteiger partial charge in [-0.15, -0.1) is 0 Å². The zero-order chi connectivity index (χ0) is 22.6. The number of aromatic nitrogens is 4. The molecular formula is C22H17F2N5O3. The Bertz CT molecular complexity index is 1360. The minimum atomic E-state index is -1.34. The summed E-state index contributed by atoms with van der Waals surface area (Å²) in [4.78, 5) is 32.7. The van der Waals surface area contributed by atoms with Crippen molar-refractivity contribution in [3.05, 3.63) is 66.3 Å². The summed E-state index contributed by atoms with van der Waals surface area (Å²) in [5.74, 6) is -3.01. The first-order chi connectivity index (χ1) is 15.3. The number of amides is 1. The summed E-state index contributed by atoms with van der Waals surface area (Å²) >= 11 is 0. The predicted octanol–water partition coefficient (Wildman–Crippen LogP) is 3.26. The van der Waals surface area contributed by atoms with E-state index in [9.17, 15) is 9.59 Å². The Hall–Kier alpha value is -4.08. The van der Waals surface area contributed by atoms with Crippen molar-refractivity contribution >= 4 is 28.6 Å². The minimum absolute atomic E-state index is 0.302. The highest BCUT2D eigenvalue weighted by Gasteiger charge is 2.53. The third-order valence-electron chi connectivity index (χ3n) is 5.43. The zero-order valence-corrected chi connectivity index (χ0v) is 17.0. The van der Waals surface area contributed by atoms with Crippen molar-refractivity contribution in [1.82, 2.24) is 19.7 Å². The van der Waals surface area contributed by atoms with Crippen LogP contribution in [0.4, 0.5) is 14.5 Å². The van der Waals surface area contributed by atoms with Gasteiger partial charge in [0.15, 0.2) is 0 Å². The number of hydrogen-bond acceptors (Lipinski definition) is 5. The molecule has 0 saturated carbocycles. The maximum atomic E-state index is 15.2. The predicted molar refractivity (Wildman–Crippen MR) is 110 cm³/mol. The number of β-lactam (4-membered cyclic amide) rings is 1. The third kappa shape index (κ3) is 3.11. The number of benzene rings is 2. The standard InChI is InChI=1S/C22H17F2N5O3/c1-11(30)32-21-20(29(22(21)31)14-3-4-17-18(7-14)26-10-25-17)19-15(23)5-12(6-16(19)24)13-8-27-28(2)9-13/h3-10,20-21H,1-2H3,(H,25,26). The SMILES string of the molecule is CC(=O)OC1C(=O)N(c2ccc3[nH]cnc3c2)C1c1c(F)cc(-c2cnn(C)c2)cc1F. The number of nitrogens with zero attached hydrogens (tertiary/aromatic N) is 4. The van der Waals surface area contributed by atoms with E-state index in [-0.39, 0.29) is 5.56 Å². The van der Waals surface area contributed by atoms with Crippen LogP contribution in [0.25, 0.3) is 22.2 Å². The second-order valence-electron chi connectivity index (χ2n) is 7.54. The fourth-order valence-electron chi connectivity index (χ4n) is 4.00. The molecule has 2 unspecified atom stereocenters. The number of carbonyl (C=O) groups excluding carboxylic acids is 2. The average molecular weight is 437 g/mol. The summed E-state index contributed by atoms with van der Waals surface area (Å²) in [7, 11) is 1.70. The van der Waals surface area contributed by atoms with Crippen LogP contribution in [-0.2, 0) is 21.4 Å². The third-order valence-corrected chi connectivity index (χ3v) is 5.43. The summed E-state index contributed by atoms with van der Waals surface area (Å²) < 4.78 is 37.1. The second kappa shape index (κ2) is 7.26. The first-order valence-corrected chi connectivity index (χ1v) is 9.75. The molecule has 8 nitrogen and oxygen atoms in total. The molecule has 5 rings (SSSR count). The van der Waals surface area contributed by atoms with Gasteiger partial charge in [0, 0.05) is 31.4 Å². The second-order valence-corrected chi connectivity index (χ2v) is 7.54. The Morgan fingerprint density at radius 1 is 1.16 bits per heavy atom. The van der Waals surface area contributed by atoms with Gasteiger partial charge >= 0.3 is 5.97 Å². The van der Waals surface area contributed by atoms with Crippen LogP contribution in [0.1, 0.15) is 18.5 Å². The van der Waals surface area contributed by atoms with Gasteiger partial charge in [0.05, 0.1) is 29.1 Å². The lowest BCUT2D eigenvalue weighted by molar-refractivity contribution is -0.161. The van der Waals surface area contributed by atoms with Gasteiger partial charge in [0.2, 0.25) is 6.10 Å². The molecule has 1 aliphatic rings. The Morgan fingerprint density at radius 2 is 1.91 bits per heavy atom. The van der Waals surface area contributed by atoms with E-state index in [1.807, 2.05) is 0 Å². The molecule has 0 bridgehead atoms. The smallest absolute Gasteiger partial charge is 0.303 e. The van der Waals surface area contributed by atoms with Crippen molar-refractivity contribution in [2.75, 3.05) is 4.90 Å². The number of H-pyrrole nitrogens is 1. The number of nitrogens with one attached hydrogen (secondary N) is 1. The Balaban J connectivity index is 1.60. The number of ether oxygens (including phenoxy) is 1. The maximum absolute atomic E-state index is 15.2. The first-order valence-electron chi connectivity index (χ1n) is 9.75. The number of imidazole rings is 1. The van der Waals surface area contributed by atoms with Crippen LogP contribution >= 0.6 is 0 Å². The lowest BCUT2D eigenvalue weighted by Gasteiger charge is -2.46. The van der Waals surface area contributed by atoms with Crippen molar-refractivity contribution in [1.29, 1.82) is 0 Å². The largest absolute Gasteiger partial charge is 0.450 e. The van der Waals surface area contributed by atoms with Crippen LogP contribution in [0.15, 0.2) is 49.1 Å². The Kier molecular flexibility index (Phi) is 4.50. The van der Waals surface area contributed by atoms with Crippen LogP contribution in [-0.4, -0.2) is 37.7 Å². The zero-order valence-electron chi connectivity index (χ0n) is 17.0. The molecule has 4 aromatic rings. The van der Waals surface area contributed by atoms with Gasteiger partial charge in [-0.2, -0.15) is 5.10 Å². The van der Waals surface area contributed by atoms with E-state index in [4.69, 9.17) is 4.74 Å². The fraction of sp³-hybridized carbons (Fsp3) is 0.182. The topological polar surface area (TPSA) is 93.1 Å². The molecule has 2 atom stereocenters. The normalized spacial score (nSPS) is 18.1. The van der Waals surface area contributed by atoms with Gasteiger partial charge < -0.3 is 9.72 Å². The molecule has 2 aromatic heterocycles. The molecule has 0 aliphatic carbocycles. The van der Waals surface area contributed by atoms with Crippen molar-refractivity contribution in [2.45, 2.75) is 19.1 Å². The molecule has 32 heavy (non-hydrogen) atoms. The number of rotatable bonds is 4. The lowest BCUT2D eigenvalue weighted by atomic mass is 9.88. The van der Waals surface area contributed by atoms with Crippen LogP contribution in [0.5, 0.6) is 0 Å². The van der Waals surface area contributed by atoms with E-state index >= 15 is 8.78 Å². The number of esters is 1. The molecule has 1 saturated heterocycles. The highest BCUT2D eigenvalue weighted by Crippen LogP contribution is 2.44. The quantitative estimate of drug-likeness (QED) is 0.391. The number of aromatic amines is 1. The maximum Gasteiger partial charge on any atom is 0.303 e. The number of anilines is 1. The van der Waals surface area contributed by atoms with Crippen molar-refractivity contribution in [3.8, 4) is 11.1 Å². The summed E-state index contributed by atoms with van der Waals surface area (Å²) in [5.41, 5.74) is 2.20. The Morgan fingerprint density at radius 3 is 2.56 bits per heavy atom. The fourth-order valence-corrected chi connectivity index (χ4v) is 4.00. The van der Waals surface area contributed by atoms with Crippen LogP contribution in [0.3, 0.4) is 0 Å². The van der Waals surface area contributed by atoms with E-state index in [0.29, 0.717) is 22.3 Å². The molecule has 1 aliphatic heterocycles. The highest BCUT2D eigenvalue weighted by atomic mass is 19.1. The molecule has 1 fully saturated rings. The Labute approximate surface area is 180 Å². The van der Waals surface area contributed by atoms with Crippen molar-refractivity contribution < 1.29 is 23.1 Å². The van der Waals surface area contributed by atoms with E-state index in [1.165, 1.54) is 34.2 Å². The summed E-state index contributed by atoms with van der Waals surface area (Å²) in [5, 5.41) is 4.02. The van der Waals surface area contributed by atoms with Crippen LogP contribution in [0.2, 0.25) is 0 Å². The summed E-state index contributed by atoms with van der Waals surface area (Å²) in [6.45, 7) is 1.14. The first kappa shape index (κ1) is 19.9. The molecular weight excluding hydrogens is 420 g/mol. The number of carbonyl (C=O) groups is 2. The van der Waals surface area contributed by atoms with Crippen molar-refractivity contribution in [3.63, 3.8) is 0 Å². The summed E-state index contributed by atoms with van der Waals surface area (Å²) in [6, 6.07) is 6.16. The summed E-state index contributed by atoms with van der Waals surface area (Å²) in [6.07, 6.45) is 3.29. The van der Waals surface area contributed by atoms with Gasteiger partial charge in [0.1, 0.15) is 17.7 Å². The van der Waals surface area contributed by atoms with Gasteiger partial charge in [-0.3, -0.25) is 19.2 Å². The lowest BCUT2D eigenvalue weighted by Crippen LogP contribution is -2.61. The monoisotopic (exact) mass is 437 g/mol. The van der Waals surface area contributed by atoms with Gasteiger partial charge in [-0.25, -0.2) is 13.8 Å². The van der Waals surface area contributed by atoms with Gasteiger partial charge in [0.25, 0.3) is 5.91 Å². The number of fused-ring (bicyclic) bond motifs is 1. The van der Waals surface area contributed by atoms with E-state index in [2.05, 4.69) is 15.1 Å². The molecule has 3 heterocycles. The van der Waals surface area contributed by atoms with Gasteiger partial charge in [-0.1, -0.05) is 0 Å². The van der Waals surface area contributed by atoms with Crippen LogP contribution < -0.4 is 4.90 Å². The molecule has 2 aromatic carbocycles. The average Bonchev–Trinajstić information content (AvgIpc) is 3.39. The number of hydrogen-bond donors (Lipinski definition) is 1. The molecule has 10 heteroatoms. The highest BCUT2D eigenvalue weighted by molar-refractivity contribution is 6.06. The van der Waals surface area contributed by atoms with Crippen LogP contribution in [0, 0.1) is 11.6 Å². The van der Waals surface area contributed by atoms with Crippen molar-refractivity contribution in [2.24, 2.45) is 7.05 Å². The van der Waals surface area contributed by atoms with E-state index in [0.717, 1.165) is 12.4 Å². The minimum Gasteiger partial charge on any atom is -0.450 e. The molecule has 0 radical (unpaired) electrons. The van der Waals surface area contributed by atoms with Gasteiger partial charge in [-0.05, 0) is 35.9 Å². The molecule has 1 N–H and O–H groups in total. The molecule has 1 amide bonds. The number of halogens is 2. The van der Waals surface area contributed by atoms with E-state index in [1.54, 1.807) is 31.4 Å². The number of aryl methyl sites for hydroxylation is 1. The molecule has 162 valence electrons. The molecule has 0 spiro atoms.